The number of esters is 2. The average molecular weight is 707 g/mol. The summed E-state index contributed by atoms with van der Waals surface area (Å²) in [5, 5.41) is 9.57. The molecule has 0 aromatic heterocycles. The second-order valence-corrected chi connectivity index (χ2v) is 14.6. The fourth-order valence-electron chi connectivity index (χ4n) is 5.63. The number of allylic oxidation sites excluding steroid dienone is 6. The van der Waals surface area contributed by atoms with Crippen molar-refractivity contribution in [2.45, 2.75) is 174 Å². The molecular formula is C42H76NO7+. The Balaban J connectivity index is 4.35. The number of nitrogens with zero attached hydrogens (tertiary/aromatic N) is 1. The van der Waals surface area contributed by atoms with Crippen LogP contribution in [0.25, 0.3) is 0 Å². The van der Waals surface area contributed by atoms with Gasteiger partial charge in [-0.2, -0.15) is 0 Å². The molecule has 2 atom stereocenters. The third-order valence-corrected chi connectivity index (χ3v) is 8.80. The van der Waals surface area contributed by atoms with Crippen LogP contribution in [0.1, 0.15) is 162 Å². The summed E-state index contributed by atoms with van der Waals surface area (Å²) in [6, 6.07) is -0.620. The largest absolute Gasteiger partial charge is 0.477 e. The van der Waals surface area contributed by atoms with Crippen molar-refractivity contribution in [3.05, 3.63) is 36.5 Å². The summed E-state index contributed by atoms with van der Waals surface area (Å²) in [4.78, 5) is 36.7. The normalized spacial score (nSPS) is 13.4. The lowest BCUT2D eigenvalue weighted by atomic mass is 10.1. The van der Waals surface area contributed by atoms with Gasteiger partial charge in [0.25, 0.3) is 0 Å². The fraction of sp³-hybridized carbons (Fsp3) is 0.786. The Morgan fingerprint density at radius 3 is 1.66 bits per heavy atom. The summed E-state index contributed by atoms with van der Waals surface area (Å²) in [7, 11) is 5.49. The van der Waals surface area contributed by atoms with Crippen molar-refractivity contribution in [2.75, 3.05) is 41.0 Å². The van der Waals surface area contributed by atoms with E-state index in [1.54, 1.807) is 0 Å². The molecule has 0 heterocycles. The van der Waals surface area contributed by atoms with Crippen molar-refractivity contribution in [2.24, 2.45) is 0 Å². The van der Waals surface area contributed by atoms with E-state index in [1.165, 1.54) is 70.6 Å². The lowest BCUT2D eigenvalue weighted by Crippen LogP contribution is -2.50. The van der Waals surface area contributed by atoms with E-state index in [2.05, 4.69) is 44.2 Å². The van der Waals surface area contributed by atoms with E-state index < -0.39 is 18.1 Å². The van der Waals surface area contributed by atoms with Gasteiger partial charge in [0.2, 0.25) is 0 Å². The lowest BCUT2D eigenvalue weighted by molar-refractivity contribution is -0.887. The highest BCUT2D eigenvalue weighted by Gasteiger charge is 2.31. The molecular weight excluding hydrogens is 630 g/mol. The summed E-state index contributed by atoms with van der Waals surface area (Å²) in [5.41, 5.74) is 0. The predicted octanol–water partition coefficient (Wildman–Crippen LogP) is 10.3. The van der Waals surface area contributed by atoms with Gasteiger partial charge in [-0.05, 0) is 51.4 Å². The number of hydrogen-bond donors (Lipinski definition) is 1. The number of carboxylic acid groups (broad SMARTS) is 1. The number of carbonyl (C=O) groups excluding carboxylic acids is 2. The first-order valence-electron chi connectivity index (χ1n) is 20.0. The molecule has 0 aliphatic heterocycles. The molecule has 0 rings (SSSR count). The van der Waals surface area contributed by atoms with Crippen LogP contribution in [-0.4, -0.2) is 80.6 Å². The molecule has 2 unspecified atom stereocenters. The summed E-state index contributed by atoms with van der Waals surface area (Å²) in [5.74, 6) is -1.56. The maximum absolute atomic E-state index is 12.5. The van der Waals surface area contributed by atoms with Crippen LogP contribution in [0.2, 0.25) is 0 Å². The second-order valence-electron chi connectivity index (χ2n) is 14.6. The summed E-state index contributed by atoms with van der Waals surface area (Å²) in [6.07, 6.45) is 36.4. The second kappa shape index (κ2) is 33.7. The molecule has 0 radical (unpaired) electrons. The van der Waals surface area contributed by atoms with Gasteiger partial charge in [0.05, 0.1) is 34.4 Å². The highest BCUT2D eigenvalue weighted by atomic mass is 16.6. The van der Waals surface area contributed by atoms with Crippen LogP contribution in [-0.2, 0) is 28.6 Å². The molecule has 0 bridgehead atoms. The smallest absolute Gasteiger partial charge is 0.362 e. The molecule has 0 spiro atoms. The van der Waals surface area contributed by atoms with E-state index in [9.17, 15) is 19.5 Å². The van der Waals surface area contributed by atoms with Gasteiger partial charge in [-0.1, -0.05) is 127 Å². The van der Waals surface area contributed by atoms with Gasteiger partial charge < -0.3 is 23.8 Å². The van der Waals surface area contributed by atoms with E-state index in [0.29, 0.717) is 19.3 Å². The molecule has 0 saturated heterocycles. The third-order valence-electron chi connectivity index (χ3n) is 8.80. The van der Waals surface area contributed by atoms with Crippen LogP contribution in [0, 0.1) is 0 Å². The van der Waals surface area contributed by atoms with Crippen LogP contribution < -0.4 is 0 Å². The van der Waals surface area contributed by atoms with Crippen molar-refractivity contribution in [3.8, 4) is 0 Å². The Bertz CT molecular complexity index is 922. The minimum atomic E-state index is -0.884. The predicted molar refractivity (Wildman–Crippen MR) is 206 cm³/mol. The highest BCUT2D eigenvalue weighted by Crippen LogP contribution is 2.12. The first-order chi connectivity index (χ1) is 24.1. The molecule has 8 heteroatoms. The summed E-state index contributed by atoms with van der Waals surface area (Å²) >= 11 is 0. The quantitative estimate of drug-likeness (QED) is 0.0230. The standard InChI is InChI=1S/C42H75NO7/c1-6-8-10-12-14-16-17-18-19-20-21-22-23-24-25-27-28-30-32-40(44)49-37-38(36-48-35-34-39(42(46)47)43(3,4)5)50-41(45)33-31-29-26-15-13-11-9-7-2/h19-22,26,29,38-39H,6-18,23-25,27-28,30-37H2,1-5H3/p+1/b20-19+,22-21+,29-26+. The minimum absolute atomic E-state index is 0.0409. The van der Waals surface area contributed by atoms with E-state index in [4.69, 9.17) is 14.2 Å². The number of quaternary nitrogens is 1. The Morgan fingerprint density at radius 1 is 0.600 bits per heavy atom. The number of carbonyl (C=O) groups is 3. The number of rotatable bonds is 35. The van der Waals surface area contributed by atoms with Crippen molar-refractivity contribution in [1.82, 2.24) is 0 Å². The van der Waals surface area contributed by atoms with Gasteiger partial charge in [0, 0.05) is 19.3 Å². The zero-order chi connectivity index (χ0) is 37.1. The molecule has 0 amide bonds. The van der Waals surface area contributed by atoms with E-state index in [-0.39, 0.29) is 42.7 Å². The summed E-state index contributed by atoms with van der Waals surface area (Å²) in [6.45, 7) is 4.61. The van der Waals surface area contributed by atoms with Crippen LogP contribution in [0.3, 0.4) is 0 Å². The molecule has 0 fully saturated rings. The zero-order valence-corrected chi connectivity index (χ0v) is 32.8. The van der Waals surface area contributed by atoms with Gasteiger partial charge in [-0.3, -0.25) is 9.59 Å². The third kappa shape index (κ3) is 31.5. The topological polar surface area (TPSA) is 99.1 Å². The van der Waals surface area contributed by atoms with Gasteiger partial charge in [0.1, 0.15) is 6.61 Å². The maximum atomic E-state index is 12.5. The molecule has 0 aromatic rings. The Labute approximate surface area is 306 Å². The van der Waals surface area contributed by atoms with Gasteiger partial charge in [-0.15, -0.1) is 0 Å². The van der Waals surface area contributed by atoms with Gasteiger partial charge >= 0.3 is 17.9 Å². The first kappa shape index (κ1) is 47.5. The van der Waals surface area contributed by atoms with Crippen molar-refractivity contribution in [3.63, 3.8) is 0 Å². The highest BCUT2D eigenvalue weighted by molar-refractivity contribution is 5.72. The van der Waals surface area contributed by atoms with Crippen LogP contribution in [0.15, 0.2) is 36.5 Å². The molecule has 0 aromatic carbocycles. The Hall–Kier alpha value is -2.45. The number of ether oxygens (including phenoxy) is 3. The number of hydrogen-bond acceptors (Lipinski definition) is 6. The number of aliphatic carboxylic acids is 1. The molecule has 0 aliphatic carbocycles. The monoisotopic (exact) mass is 707 g/mol. The van der Waals surface area contributed by atoms with Crippen molar-refractivity contribution >= 4 is 17.9 Å². The molecule has 290 valence electrons. The SMILES string of the molecule is CCCCCC/C=C/CCC(=O)OC(COCCC(C(=O)O)[N+](C)(C)C)COC(=O)CCCCCCC/C=C/C=C/CCCCCCCCC. The zero-order valence-electron chi connectivity index (χ0n) is 32.8. The molecule has 0 saturated carbocycles. The van der Waals surface area contributed by atoms with Crippen LogP contribution in [0.4, 0.5) is 0 Å². The molecule has 8 nitrogen and oxygen atoms in total. The maximum Gasteiger partial charge on any atom is 0.362 e. The Kier molecular flexibility index (Phi) is 32.0. The van der Waals surface area contributed by atoms with Crippen molar-refractivity contribution < 1.29 is 38.2 Å². The first-order valence-corrected chi connectivity index (χ1v) is 20.0. The molecule has 1 N–H and O–H groups in total. The fourth-order valence-corrected chi connectivity index (χ4v) is 5.63. The van der Waals surface area contributed by atoms with E-state index >= 15 is 0 Å². The van der Waals surface area contributed by atoms with Gasteiger partial charge in [-0.25, -0.2) is 4.79 Å². The van der Waals surface area contributed by atoms with Gasteiger partial charge in [0.15, 0.2) is 12.1 Å². The number of likely N-dealkylation sites (N-methyl/N-ethyl adjacent to an activating group) is 1. The summed E-state index contributed by atoms with van der Waals surface area (Å²) < 4.78 is 17.1. The van der Waals surface area contributed by atoms with Crippen molar-refractivity contribution in [1.29, 1.82) is 0 Å². The number of carboxylic acids is 1. The number of unbranched alkanes of at least 4 members (excludes halogenated alkanes) is 16. The van der Waals surface area contributed by atoms with Crippen LogP contribution in [0.5, 0.6) is 0 Å². The molecule has 50 heavy (non-hydrogen) atoms. The lowest BCUT2D eigenvalue weighted by Gasteiger charge is -2.31. The molecule has 0 aliphatic rings. The van der Waals surface area contributed by atoms with E-state index in [1.807, 2.05) is 27.2 Å². The minimum Gasteiger partial charge on any atom is -0.477 e. The van der Waals surface area contributed by atoms with Crippen LogP contribution >= 0.6 is 0 Å². The Morgan fingerprint density at radius 2 is 1.10 bits per heavy atom. The average Bonchev–Trinajstić information content (AvgIpc) is 3.06. The van der Waals surface area contributed by atoms with E-state index in [0.717, 1.165) is 51.4 Å².